The molecule has 0 aliphatic heterocycles. The summed E-state index contributed by atoms with van der Waals surface area (Å²) in [4.78, 5) is 0. The molecule has 0 radical (unpaired) electrons. The van der Waals surface area contributed by atoms with Crippen LogP contribution in [0.5, 0.6) is 0 Å². The molecule has 0 aliphatic rings. The van der Waals surface area contributed by atoms with Crippen LogP contribution in [0.15, 0.2) is 18.2 Å². The highest BCUT2D eigenvalue weighted by Gasteiger charge is 2.37. The Morgan fingerprint density at radius 1 is 1.00 bits per heavy atom. The normalized spacial score (nSPS) is 12.8. The van der Waals surface area contributed by atoms with Crippen LogP contribution in [0.25, 0.3) is 0 Å². The number of aryl methyl sites for hydroxylation is 1. The van der Waals surface area contributed by atoms with E-state index in [1.165, 1.54) is 16.7 Å². The third kappa shape index (κ3) is 3.93. The van der Waals surface area contributed by atoms with Crippen molar-refractivity contribution in [3.63, 3.8) is 0 Å². The maximum absolute atomic E-state index is 6.36. The van der Waals surface area contributed by atoms with Crippen molar-refractivity contribution in [2.24, 2.45) is 0 Å². The van der Waals surface area contributed by atoms with Crippen molar-refractivity contribution in [2.75, 3.05) is 0 Å². The first-order valence-corrected chi connectivity index (χ1v) is 10.4. The molecule has 0 N–H and O–H groups in total. The van der Waals surface area contributed by atoms with Gasteiger partial charge in [-0.3, -0.25) is 0 Å². The number of hydrogen-bond acceptors (Lipinski definition) is 1. The summed E-state index contributed by atoms with van der Waals surface area (Å²) >= 11 is 0. The van der Waals surface area contributed by atoms with Crippen molar-refractivity contribution >= 4 is 8.32 Å². The van der Waals surface area contributed by atoms with Crippen molar-refractivity contribution in [1.82, 2.24) is 0 Å². The molecule has 19 heavy (non-hydrogen) atoms. The van der Waals surface area contributed by atoms with Crippen molar-refractivity contribution < 1.29 is 4.43 Å². The summed E-state index contributed by atoms with van der Waals surface area (Å²) in [7, 11) is -1.65. The third-order valence-electron chi connectivity index (χ3n) is 4.50. The van der Waals surface area contributed by atoms with E-state index in [1.807, 2.05) is 0 Å². The Hall–Kier alpha value is -0.603. The first kappa shape index (κ1) is 16.5. The average Bonchev–Trinajstić information content (AvgIpc) is 2.34. The fourth-order valence-electron chi connectivity index (χ4n) is 2.08. The molecule has 0 spiro atoms. The van der Waals surface area contributed by atoms with Gasteiger partial charge in [-0.25, -0.2) is 0 Å². The average molecular weight is 279 g/mol. The summed E-state index contributed by atoms with van der Waals surface area (Å²) in [5.74, 6) is 0. The Labute approximate surface area is 120 Å². The lowest BCUT2D eigenvalue weighted by Gasteiger charge is -2.36. The minimum atomic E-state index is -1.65. The summed E-state index contributed by atoms with van der Waals surface area (Å²) in [6.45, 7) is 16.8. The largest absolute Gasteiger partial charge is 0.413 e. The molecular weight excluding hydrogens is 248 g/mol. The highest BCUT2D eigenvalue weighted by Crippen LogP contribution is 2.37. The molecule has 1 nitrogen and oxygen atoms in total. The van der Waals surface area contributed by atoms with Crippen LogP contribution in [-0.4, -0.2) is 8.32 Å². The van der Waals surface area contributed by atoms with Crippen molar-refractivity contribution in [3.8, 4) is 0 Å². The van der Waals surface area contributed by atoms with Crippen LogP contribution in [0, 0.1) is 0 Å². The second kappa shape index (κ2) is 6.23. The summed E-state index contributed by atoms with van der Waals surface area (Å²) in [5, 5.41) is 0.280. The van der Waals surface area contributed by atoms with E-state index in [9.17, 15) is 0 Å². The number of benzene rings is 1. The minimum absolute atomic E-state index is 0.280. The SMILES string of the molecule is CCc1cccc(CO[Si](C)(C)C(C)(C)C)c1CC. The van der Waals surface area contributed by atoms with Gasteiger partial charge in [-0.05, 0) is 47.7 Å². The van der Waals surface area contributed by atoms with Gasteiger partial charge >= 0.3 is 0 Å². The molecule has 0 bridgehead atoms. The maximum atomic E-state index is 6.36. The van der Waals surface area contributed by atoms with Gasteiger partial charge in [-0.2, -0.15) is 0 Å². The van der Waals surface area contributed by atoms with E-state index in [0.717, 1.165) is 19.4 Å². The van der Waals surface area contributed by atoms with E-state index >= 15 is 0 Å². The molecule has 0 saturated carbocycles. The zero-order valence-electron chi connectivity index (χ0n) is 13.8. The van der Waals surface area contributed by atoms with Gasteiger partial charge in [0.15, 0.2) is 8.32 Å². The van der Waals surface area contributed by atoms with Crippen LogP contribution in [0.2, 0.25) is 18.1 Å². The first-order chi connectivity index (χ1) is 8.73. The van der Waals surface area contributed by atoms with E-state index in [4.69, 9.17) is 4.43 Å². The lowest BCUT2D eigenvalue weighted by atomic mass is 9.98. The Morgan fingerprint density at radius 3 is 2.05 bits per heavy atom. The zero-order valence-corrected chi connectivity index (χ0v) is 14.8. The Bertz CT molecular complexity index is 416. The number of hydrogen-bond donors (Lipinski definition) is 0. The maximum Gasteiger partial charge on any atom is 0.192 e. The first-order valence-electron chi connectivity index (χ1n) is 7.46. The summed E-state index contributed by atoms with van der Waals surface area (Å²) in [5.41, 5.74) is 4.34. The highest BCUT2D eigenvalue weighted by molar-refractivity contribution is 6.74. The van der Waals surface area contributed by atoms with Gasteiger partial charge in [0.1, 0.15) is 0 Å². The summed E-state index contributed by atoms with van der Waals surface area (Å²) in [6, 6.07) is 6.64. The van der Waals surface area contributed by atoms with Gasteiger partial charge in [0.05, 0.1) is 6.61 Å². The molecule has 0 amide bonds. The predicted octanol–water partition coefficient (Wildman–Crippen LogP) is 5.33. The predicted molar refractivity (Wildman–Crippen MR) is 87.2 cm³/mol. The van der Waals surface area contributed by atoms with Gasteiger partial charge in [0, 0.05) is 0 Å². The van der Waals surface area contributed by atoms with E-state index in [0.29, 0.717) is 0 Å². The quantitative estimate of drug-likeness (QED) is 0.661. The van der Waals surface area contributed by atoms with Crippen LogP contribution < -0.4 is 0 Å². The molecule has 1 aromatic carbocycles. The lowest BCUT2D eigenvalue weighted by molar-refractivity contribution is 0.275. The second-order valence-corrected chi connectivity index (χ2v) is 11.6. The molecule has 0 aliphatic carbocycles. The molecule has 2 heteroatoms. The Kier molecular flexibility index (Phi) is 5.40. The Morgan fingerprint density at radius 2 is 1.58 bits per heavy atom. The van der Waals surface area contributed by atoms with Crippen molar-refractivity contribution in [1.29, 1.82) is 0 Å². The highest BCUT2D eigenvalue weighted by atomic mass is 28.4. The van der Waals surface area contributed by atoms with Crippen molar-refractivity contribution in [2.45, 2.75) is 72.2 Å². The van der Waals surface area contributed by atoms with Crippen LogP contribution >= 0.6 is 0 Å². The van der Waals surface area contributed by atoms with Crippen LogP contribution in [0.3, 0.4) is 0 Å². The molecule has 0 unspecified atom stereocenters. The van der Waals surface area contributed by atoms with Crippen LogP contribution in [0.4, 0.5) is 0 Å². The Balaban J connectivity index is 2.90. The smallest absolute Gasteiger partial charge is 0.192 e. The van der Waals surface area contributed by atoms with E-state index < -0.39 is 8.32 Å². The van der Waals surface area contributed by atoms with E-state index in [-0.39, 0.29) is 5.04 Å². The monoisotopic (exact) mass is 278 g/mol. The molecule has 0 heterocycles. The molecule has 108 valence electrons. The molecular formula is C17H30OSi. The van der Waals surface area contributed by atoms with Gasteiger partial charge in [-0.1, -0.05) is 52.8 Å². The van der Waals surface area contributed by atoms with E-state index in [1.54, 1.807) is 0 Å². The standard InChI is InChI=1S/C17H30OSi/c1-8-14-11-10-12-15(16(14)9-2)13-18-19(6,7)17(3,4)5/h10-12H,8-9,13H2,1-7H3. The number of rotatable bonds is 5. The fourth-order valence-corrected chi connectivity index (χ4v) is 3.03. The molecule has 0 atom stereocenters. The van der Waals surface area contributed by atoms with Gasteiger partial charge < -0.3 is 4.43 Å². The fraction of sp³-hybridized carbons (Fsp3) is 0.647. The van der Waals surface area contributed by atoms with Crippen LogP contribution in [-0.2, 0) is 23.9 Å². The zero-order chi connectivity index (χ0) is 14.7. The van der Waals surface area contributed by atoms with Gasteiger partial charge in [0.25, 0.3) is 0 Å². The molecule has 0 aromatic heterocycles. The lowest BCUT2D eigenvalue weighted by Crippen LogP contribution is -2.40. The summed E-state index contributed by atoms with van der Waals surface area (Å²) in [6.07, 6.45) is 2.21. The van der Waals surface area contributed by atoms with Gasteiger partial charge in [-0.15, -0.1) is 0 Å². The third-order valence-corrected chi connectivity index (χ3v) is 8.98. The molecule has 1 aromatic rings. The molecule has 1 rings (SSSR count). The van der Waals surface area contributed by atoms with Gasteiger partial charge in [0.2, 0.25) is 0 Å². The van der Waals surface area contributed by atoms with E-state index in [2.05, 4.69) is 65.9 Å². The topological polar surface area (TPSA) is 9.23 Å². The molecule has 0 fully saturated rings. The molecule has 0 saturated heterocycles. The second-order valence-electron chi connectivity index (χ2n) is 6.81. The van der Waals surface area contributed by atoms with Crippen LogP contribution in [0.1, 0.15) is 51.3 Å². The summed E-state index contributed by atoms with van der Waals surface area (Å²) < 4.78 is 6.36. The minimum Gasteiger partial charge on any atom is -0.413 e. The van der Waals surface area contributed by atoms with Crippen molar-refractivity contribution in [3.05, 3.63) is 34.9 Å².